The van der Waals surface area contributed by atoms with Crippen LogP contribution in [0.4, 0.5) is 0 Å². The molecule has 0 saturated heterocycles. The number of carbonyl (C=O) groups excluding carboxylic acids is 1. The van der Waals surface area contributed by atoms with Crippen LogP contribution in [0.25, 0.3) is 0 Å². The molecule has 0 bridgehead atoms. The number of nitrogens with zero attached hydrogens (tertiary/aromatic N) is 1. The second kappa shape index (κ2) is 9.08. The Morgan fingerprint density at radius 2 is 1.83 bits per heavy atom. The van der Waals surface area contributed by atoms with E-state index < -0.39 is 11.9 Å². The molecule has 0 unspecified atom stereocenters. The Bertz CT molecular complexity index is 235. The molecule has 0 aliphatic heterocycles. The highest BCUT2D eigenvalue weighted by Crippen LogP contribution is 1.92. The van der Waals surface area contributed by atoms with Crippen LogP contribution in [0.1, 0.15) is 6.92 Å². The van der Waals surface area contributed by atoms with Crippen molar-refractivity contribution >= 4 is 5.97 Å². The third kappa shape index (κ3) is 6.20. The van der Waals surface area contributed by atoms with Gasteiger partial charge in [0.2, 0.25) is 0 Å². The van der Waals surface area contributed by atoms with Crippen LogP contribution >= 0.6 is 0 Å². The summed E-state index contributed by atoms with van der Waals surface area (Å²) >= 11 is 0. The molecular formula is C9H9NO2. The van der Waals surface area contributed by atoms with Gasteiger partial charge in [0.15, 0.2) is 5.92 Å². The van der Waals surface area contributed by atoms with E-state index in [1.807, 2.05) is 0 Å². The summed E-state index contributed by atoms with van der Waals surface area (Å²) in [7, 11) is 1.24. The second-order valence-corrected chi connectivity index (χ2v) is 1.51. The van der Waals surface area contributed by atoms with Gasteiger partial charge < -0.3 is 4.74 Å². The summed E-state index contributed by atoms with van der Waals surface area (Å²) in [5, 5.41) is 7.32. The maximum absolute atomic E-state index is 10.5. The first-order valence-electron chi connectivity index (χ1n) is 2.98. The summed E-state index contributed by atoms with van der Waals surface area (Å²) in [5.41, 5.74) is 0. The first-order chi connectivity index (χ1) is 5.67. The zero-order valence-corrected chi connectivity index (χ0v) is 7.00. The maximum Gasteiger partial charge on any atom is 0.333 e. The quantitative estimate of drug-likeness (QED) is 0.419. The van der Waals surface area contributed by atoms with Crippen molar-refractivity contribution < 1.29 is 9.53 Å². The van der Waals surface area contributed by atoms with E-state index in [9.17, 15) is 4.79 Å². The van der Waals surface area contributed by atoms with E-state index in [1.165, 1.54) is 14.0 Å². The van der Waals surface area contributed by atoms with Gasteiger partial charge in [0.1, 0.15) is 0 Å². The molecule has 3 heteroatoms. The predicted molar refractivity (Wildman–Crippen MR) is 44.5 cm³/mol. The molecule has 0 atom stereocenters. The van der Waals surface area contributed by atoms with Gasteiger partial charge >= 0.3 is 5.97 Å². The number of carbonyl (C=O) groups is 1. The Morgan fingerprint density at radius 3 is 1.92 bits per heavy atom. The minimum Gasteiger partial charge on any atom is -0.467 e. The Hall–Kier alpha value is -1.92. The summed E-state index contributed by atoms with van der Waals surface area (Å²) in [4.78, 5) is 10.5. The molecule has 0 rings (SSSR count). The molecule has 0 fully saturated rings. The Morgan fingerprint density at radius 1 is 1.50 bits per heavy atom. The molecule has 62 valence electrons. The number of hydrogen-bond acceptors (Lipinski definition) is 3. The Kier molecular flexibility index (Phi) is 9.63. The standard InChI is InChI=1S/C7H6O2.C2H3N/c1-4-6(5-2)7(8)9-3;1-2-3/h1-2,6H,3H3;1H3. The number of methoxy groups -OCH3 is 1. The fourth-order valence-corrected chi connectivity index (χ4v) is 0.302. The fraction of sp³-hybridized carbons (Fsp3) is 0.333. The van der Waals surface area contributed by atoms with Gasteiger partial charge in [-0.3, -0.25) is 0 Å². The molecule has 0 amide bonds. The predicted octanol–water partition coefficient (Wildman–Crippen LogP) is 0.572. The third-order valence-electron chi connectivity index (χ3n) is 0.770. The largest absolute Gasteiger partial charge is 0.467 e. The molecule has 0 aromatic carbocycles. The van der Waals surface area contributed by atoms with E-state index >= 15 is 0 Å². The molecule has 0 heterocycles. The molecule has 12 heavy (non-hydrogen) atoms. The summed E-state index contributed by atoms with van der Waals surface area (Å²) in [6, 6.07) is 1.75. The molecule has 0 aliphatic rings. The normalized spacial score (nSPS) is 6.33. The topological polar surface area (TPSA) is 50.1 Å². The average Bonchev–Trinajstić information content (AvgIpc) is 2.08. The summed E-state index contributed by atoms with van der Waals surface area (Å²) in [5.74, 6) is 2.79. The zero-order valence-electron chi connectivity index (χ0n) is 7.00. The Balaban J connectivity index is 0. The van der Waals surface area contributed by atoms with Crippen LogP contribution in [0.2, 0.25) is 0 Å². The number of terminal acetylenes is 2. The molecule has 0 aliphatic carbocycles. The van der Waals surface area contributed by atoms with Crippen LogP contribution in [0.15, 0.2) is 0 Å². The first kappa shape index (κ1) is 12.7. The van der Waals surface area contributed by atoms with Crippen molar-refractivity contribution in [1.82, 2.24) is 0 Å². The first-order valence-corrected chi connectivity index (χ1v) is 2.98. The van der Waals surface area contributed by atoms with Gasteiger partial charge in [-0.1, -0.05) is 11.8 Å². The van der Waals surface area contributed by atoms with Crippen molar-refractivity contribution in [2.24, 2.45) is 5.92 Å². The van der Waals surface area contributed by atoms with E-state index in [-0.39, 0.29) is 0 Å². The van der Waals surface area contributed by atoms with Crippen LogP contribution in [0.5, 0.6) is 0 Å². The number of nitriles is 1. The van der Waals surface area contributed by atoms with Gasteiger partial charge in [0.25, 0.3) is 0 Å². The number of esters is 1. The van der Waals surface area contributed by atoms with E-state index in [1.54, 1.807) is 6.07 Å². The molecule has 0 aromatic rings. The highest BCUT2D eigenvalue weighted by molar-refractivity contribution is 5.78. The molecule has 3 nitrogen and oxygen atoms in total. The van der Waals surface area contributed by atoms with Crippen molar-refractivity contribution in [3.8, 4) is 30.8 Å². The van der Waals surface area contributed by atoms with Crippen LogP contribution in [-0.2, 0) is 9.53 Å². The molecule has 0 aromatic heterocycles. The zero-order chi connectivity index (χ0) is 9.98. The smallest absolute Gasteiger partial charge is 0.333 e. The van der Waals surface area contributed by atoms with Gasteiger partial charge in [-0.05, 0) is 0 Å². The SMILES string of the molecule is C#CC(C#C)C(=O)OC.CC#N. The lowest BCUT2D eigenvalue weighted by Crippen LogP contribution is -2.11. The van der Waals surface area contributed by atoms with Crippen molar-refractivity contribution in [3.63, 3.8) is 0 Å². The van der Waals surface area contributed by atoms with Gasteiger partial charge in [-0.2, -0.15) is 5.26 Å². The maximum atomic E-state index is 10.5. The number of hydrogen-bond donors (Lipinski definition) is 0. The van der Waals surface area contributed by atoms with Gasteiger partial charge in [0.05, 0.1) is 13.2 Å². The molecule has 0 N–H and O–H groups in total. The lowest BCUT2D eigenvalue weighted by molar-refractivity contribution is -0.141. The lowest BCUT2D eigenvalue weighted by atomic mass is 10.2. The van der Waals surface area contributed by atoms with E-state index in [0.717, 1.165) is 0 Å². The highest BCUT2D eigenvalue weighted by Gasteiger charge is 2.10. The fourth-order valence-electron chi connectivity index (χ4n) is 0.302. The van der Waals surface area contributed by atoms with Crippen LogP contribution in [0, 0.1) is 41.9 Å². The highest BCUT2D eigenvalue weighted by atomic mass is 16.5. The summed E-state index contributed by atoms with van der Waals surface area (Å²) in [6.07, 6.45) is 9.73. The van der Waals surface area contributed by atoms with E-state index in [0.29, 0.717) is 0 Å². The van der Waals surface area contributed by atoms with Crippen molar-refractivity contribution in [1.29, 1.82) is 5.26 Å². The number of rotatable bonds is 1. The van der Waals surface area contributed by atoms with E-state index in [4.69, 9.17) is 18.1 Å². The minimum absolute atomic E-state index is 0.556. The molecule has 0 saturated carbocycles. The molecule has 0 radical (unpaired) electrons. The minimum atomic E-state index is -0.838. The third-order valence-corrected chi connectivity index (χ3v) is 0.770. The van der Waals surface area contributed by atoms with Gasteiger partial charge in [-0.15, -0.1) is 12.8 Å². The summed E-state index contributed by atoms with van der Waals surface area (Å²) < 4.78 is 4.27. The van der Waals surface area contributed by atoms with Crippen LogP contribution in [0.3, 0.4) is 0 Å². The average molecular weight is 163 g/mol. The molecule has 0 spiro atoms. The van der Waals surface area contributed by atoms with Crippen LogP contribution < -0.4 is 0 Å². The monoisotopic (exact) mass is 163 g/mol. The number of ether oxygens (including phenoxy) is 1. The van der Waals surface area contributed by atoms with E-state index in [2.05, 4.69) is 16.6 Å². The second-order valence-electron chi connectivity index (χ2n) is 1.51. The summed E-state index contributed by atoms with van der Waals surface area (Å²) in [6.45, 7) is 1.43. The van der Waals surface area contributed by atoms with Gasteiger partial charge in [-0.25, -0.2) is 4.79 Å². The van der Waals surface area contributed by atoms with Gasteiger partial charge in [0, 0.05) is 6.92 Å². The lowest BCUT2D eigenvalue weighted by Gasteiger charge is -1.97. The van der Waals surface area contributed by atoms with Crippen molar-refractivity contribution in [2.75, 3.05) is 7.11 Å². The van der Waals surface area contributed by atoms with Crippen molar-refractivity contribution in [3.05, 3.63) is 0 Å². The molecular weight excluding hydrogens is 154 g/mol. The Labute approximate surface area is 72.3 Å². The van der Waals surface area contributed by atoms with Crippen molar-refractivity contribution in [2.45, 2.75) is 6.92 Å². The van der Waals surface area contributed by atoms with Crippen LogP contribution in [-0.4, -0.2) is 13.1 Å².